The Bertz CT molecular complexity index is 250. The van der Waals surface area contributed by atoms with Crippen LogP contribution in [0.5, 0.6) is 0 Å². The maximum absolute atomic E-state index is 2.44. The summed E-state index contributed by atoms with van der Waals surface area (Å²) in [6.07, 6.45) is 5.49. The molecule has 0 saturated carbocycles. The van der Waals surface area contributed by atoms with Gasteiger partial charge in [-0.3, -0.25) is 0 Å². The first-order chi connectivity index (χ1) is 6.33. The molecule has 0 aromatic carbocycles. The third kappa shape index (κ3) is 1.43. The first kappa shape index (κ1) is 10.3. The molecule has 2 rings (SSSR count). The minimum absolute atomic E-state index is 0.496. The molecule has 0 heteroatoms. The lowest BCUT2D eigenvalue weighted by Crippen LogP contribution is -2.28. The number of rotatable bonds is 0. The highest BCUT2D eigenvalue weighted by atomic mass is 14.5. The summed E-state index contributed by atoms with van der Waals surface area (Å²) in [5.74, 6) is 0.900. The zero-order valence-electron chi connectivity index (χ0n) is 10.4. The average Bonchev–Trinajstić information content (AvgIpc) is 2.44. The summed E-state index contributed by atoms with van der Waals surface area (Å²) >= 11 is 0. The van der Waals surface area contributed by atoms with Crippen molar-refractivity contribution >= 4 is 0 Å². The molecule has 0 spiro atoms. The van der Waals surface area contributed by atoms with Crippen LogP contribution in [0, 0.1) is 16.7 Å². The molecule has 0 heterocycles. The summed E-state index contributed by atoms with van der Waals surface area (Å²) in [5.41, 5.74) is 4.60. The maximum Gasteiger partial charge on any atom is -0.0141 e. The van der Waals surface area contributed by atoms with E-state index in [1.807, 2.05) is 0 Å². The minimum Gasteiger partial charge on any atom is -0.0645 e. The molecule has 0 N–H and O–H groups in total. The molecule has 2 aliphatic rings. The molecule has 2 aliphatic carbocycles. The van der Waals surface area contributed by atoms with E-state index in [1.54, 1.807) is 11.1 Å². The van der Waals surface area contributed by atoms with Crippen molar-refractivity contribution in [3.05, 3.63) is 11.1 Å². The Kier molecular flexibility index (Phi) is 2.10. The second-order valence-corrected chi connectivity index (χ2v) is 6.74. The molecule has 0 aromatic rings. The molecular formula is C14H24. The van der Waals surface area contributed by atoms with E-state index in [0.717, 1.165) is 5.92 Å². The Morgan fingerprint density at radius 1 is 0.857 bits per heavy atom. The SMILES string of the molecule is CC1CC2=C(C1)C(C)(C)CCC2(C)C. The van der Waals surface area contributed by atoms with Crippen molar-refractivity contribution in [2.75, 3.05) is 0 Å². The lowest BCUT2D eigenvalue weighted by Gasteiger charge is -2.41. The van der Waals surface area contributed by atoms with Gasteiger partial charge in [0.2, 0.25) is 0 Å². The van der Waals surface area contributed by atoms with Gasteiger partial charge in [0.05, 0.1) is 0 Å². The van der Waals surface area contributed by atoms with Gasteiger partial charge in [-0.2, -0.15) is 0 Å². The third-order valence-corrected chi connectivity index (χ3v) is 4.48. The van der Waals surface area contributed by atoms with Gasteiger partial charge in [0.15, 0.2) is 0 Å². The Balaban J connectivity index is 2.42. The predicted molar refractivity (Wildman–Crippen MR) is 62.2 cm³/mol. The topological polar surface area (TPSA) is 0 Å². The smallest absolute Gasteiger partial charge is 0.0141 e. The summed E-state index contributed by atoms with van der Waals surface area (Å²) in [6, 6.07) is 0. The van der Waals surface area contributed by atoms with E-state index in [0.29, 0.717) is 10.8 Å². The molecule has 0 radical (unpaired) electrons. The van der Waals surface area contributed by atoms with Crippen molar-refractivity contribution in [1.29, 1.82) is 0 Å². The van der Waals surface area contributed by atoms with Crippen molar-refractivity contribution in [1.82, 2.24) is 0 Å². The van der Waals surface area contributed by atoms with E-state index in [9.17, 15) is 0 Å². The Labute approximate surface area is 88.8 Å². The molecule has 0 atom stereocenters. The quantitative estimate of drug-likeness (QED) is 0.494. The zero-order valence-corrected chi connectivity index (χ0v) is 10.4. The maximum atomic E-state index is 2.44. The summed E-state index contributed by atoms with van der Waals surface area (Å²) in [5, 5.41) is 0. The molecule has 0 amide bonds. The van der Waals surface area contributed by atoms with Gasteiger partial charge in [-0.1, -0.05) is 45.8 Å². The Morgan fingerprint density at radius 3 is 1.57 bits per heavy atom. The predicted octanol–water partition coefficient (Wildman–Crippen LogP) is 4.56. The van der Waals surface area contributed by atoms with Crippen LogP contribution in [0.15, 0.2) is 11.1 Å². The van der Waals surface area contributed by atoms with Gasteiger partial charge in [-0.25, -0.2) is 0 Å². The van der Waals surface area contributed by atoms with Gasteiger partial charge in [0, 0.05) is 0 Å². The Morgan fingerprint density at radius 2 is 1.21 bits per heavy atom. The summed E-state index contributed by atoms with van der Waals surface area (Å²) in [6.45, 7) is 12.2. The monoisotopic (exact) mass is 192 g/mol. The van der Waals surface area contributed by atoms with E-state index in [1.165, 1.54) is 25.7 Å². The summed E-state index contributed by atoms with van der Waals surface area (Å²) in [7, 11) is 0. The number of hydrogen-bond donors (Lipinski definition) is 0. The lowest BCUT2D eigenvalue weighted by molar-refractivity contribution is 0.262. The molecule has 0 aromatic heterocycles. The fraction of sp³-hybridized carbons (Fsp3) is 0.857. The summed E-state index contributed by atoms with van der Waals surface area (Å²) in [4.78, 5) is 0. The first-order valence-corrected chi connectivity index (χ1v) is 6.06. The minimum atomic E-state index is 0.496. The second-order valence-electron chi connectivity index (χ2n) is 6.74. The molecule has 0 fully saturated rings. The van der Waals surface area contributed by atoms with Gasteiger partial charge < -0.3 is 0 Å². The van der Waals surface area contributed by atoms with Crippen molar-refractivity contribution in [3.63, 3.8) is 0 Å². The van der Waals surface area contributed by atoms with Crippen LogP contribution in [0.2, 0.25) is 0 Å². The van der Waals surface area contributed by atoms with Crippen LogP contribution >= 0.6 is 0 Å². The lowest BCUT2D eigenvalue weighted by atomic mass is 9.64. The molecular weight excluding hydrogens is 168 g/mol. The van der Waals surface area contributed by atoms with Crippen molar-refractivity contribution in [2.24, 2.45) is 16.7 Å². The van der Waals surface area contributed by atoms with Gasteiger partial charge in [-0.15, -0.1) is 0 Å². The first-order valence-electron chi connectivity index (χ1n) is 6.06. The van der Waals surface area contributed by atoms with Crippen LogP contribution in [-0.2, 0) is 0 Å². The zero-order chi connectivity index (χ0) is 10.6. The highest BCUT2D eigenvalue weighted by Crippen LogP contribution is 2.55. The normalized spacial score (nSPS) is 30.6. The largest absolute Gasteiger partial charge is 0.0645 e. The van der Waals surface area contributed by atoms with Crippen LogP contribution in [0.1, 0.15) is 60.3 Å². The van der Waals surface area contributed by atoms with Crippen LogP contribution in [0.25, 0.3) is 0 Å². The molecule has 0 saturated heterocycles. The van der Waals surface area contributed by atoms with Gasteiger partial charge in [0.25, 0.3) is 0 Å². The van der Waals surface area contributed by atoms with Crippen LogP contribution < -0.4 is 0 Å². The molecule has 0 aliphatic heterocycles. The molecule has 0 nitrogen and oxygen atoms in total. The number of hydrogen-bond acceptors (Lipinski definition) is 0. The van der Waals surface area contributed by atoms with Crippen LogP contribution in [0.3, 0.4) is 0 Å². The average molecular weight is 192 g/mol. The highest BCUT2D eigenvalue weighted by Gasteiger charge is 2.42. The van der Waals surface area contributed by atoms with Gasteiger partial charge in [-0.05, 0) is 42.4 Å². The van der Waals surface area contributed by atoms with Crippen molar-refractivity contribution in [3.8, 4) is 0 Å². The highest BCUT2D eigenvalue weighted by molar-refractivity contribution is 5.33. The molecule has 80 valence electrons. The van der Waals surface area contributed by atoms with E-state index < -0.39 is 0 Å². The summed E-state index contributed by atoms with van der Waals surface area (Å²) < 4.78 is 0. The van der Waals surface area contributed by atoms with Gasteiger partial charge in [0.1, 0.15) is 0 Å². The van der Waals surface area contributed by atoms with E-state index in [2.05, 4.69) is 34.6 Å². The second kappa shape index (κ2) is 2.87. The van der Waals surface area contributed by atoms with E-state index in [4.69, 9.17) is 0 Å². The number of allylic oxidation sites excluding steroid dienone is 2. The third-order valence-electron chi connectivity index (χ3n) is 4.48. The van der Waals surface area contributed by atoms with Crippen molar-refractivity contribution < 1.29 is 0 Å². The van der Waals surface area contributed by atoms with Crippen LogP contribution in [-0.4, -0.2) is 0 Å². The Hall–Kier alpha value is -0.260. The van der Waals surface area contributed by atoms with E-state index in [-0.39, 0.29) is 0 Å². The van der Waals surface area contributed by atoms with Crippen LogP contribution in [0.4, 0.5) is 0 Å². The van der Waals surface area contributed by atoms with Gasteiger partial charge >= 0.3 is 0 Å². The van der Waals surface area contributed by atoms with Crippen molar-refractivity contribution in [2.45, 2.75) is 60.3 Å². The molecule has 0 unspecified atom stereocenters. The molecule has 0 bridgehead atoms. The fourth-order valence-electron chi connectivity index (χ4n) is 3.31. The standard InChI is InChI=1S/C14H24/c1-10-8-11-12(9-10)14(4,5)7-6-13(11,2)3/h10H,6-9H2,1-5H3. The molecule has 14 heavy (non-hydrogen) atoms. The fourth-order valence-corrected chi connectivity index (χ4v) is 3.31. The van der Waals surface area contributed by atoms with E-state index >= 15 is 0 Å².